The van der Waals surface area contributed by atoms with Gasteiger partial charge in [-0.3, -0.25) is 14.4 Å². The molecule has 35 heavy (non-hydrogen) atoms. The van der Waals surface area contributed by atoms with Crippen molar-refractivity contribution in [1.82, 2.24) is 0 Å². The third kappa shape index (κ3) is 5.92. The molecular weight excluding hydrogens is 462 g/mol. The Bertz CT molecular complexity index is 1360. The van der Waals surface area contributed by atoms with Gasteiger partial charge < -0.3 is 14.5 Å². The Labute approximate surface area is 208 Å². The van der Waals surface area contributed by atoms with Crippen LogP contribution in [0.5, 0.6) is 0 Å². The number of carbonyl (C=O) groups is 3. The number of ketones is 1. The molecular formula is C28H27NO5S. The average molecular weight is 490 g/mol. The Morgan fingerprint density at radius 2 is 1.74 bits per heavy atom. The van der Waals surface area contributed by atoms with Gasteiger partial charge in [-0.25, -0.2) is 0 Å². The summed E-state index contributed by atoms with van der Waals surface area (Å²) in [5.41, 5.74) is 3.49. The molecule has 0 radical (unpaired) electrons. The van der Waals surface area contributed by atoms with Crippen molar-refractivity contribution in [1.29, 1.82) is 0 Å². The van der Waals surface area contributed by atoms with E-state index in [9.17, 15) is 14.4 Å². The Morgan fingerprint density at radius 1 is 1.00 bits per heavy atom. The molecule has 180 valence electrons. The maximum atomic E-state index is 14.0. The van der Waals surface area contributed by atoms with Crippen LogP contribution in [0.15, 0.2) is 71.1 Å². The number of thioether (sulfide) groups is 1. The third-order valence-corrected chi connectivity index (χ3v) is 6.87. The highest BCUT2D eigenvalue weighted by molar-refractivity contribution is 8.13. The summed E-state index contributed by atoms with van der Waals surface area (Å²) >= 11 is 1.17. The molecule has 1 aromatic heterocycles. The number of Topliss-reactive ketones (excluding diaryl/α,β-unsaturated/α-hetero) is 1. The molecule has 0 amide bonds. The van der Waals surface area contributed by atoms with E-state index < -0.39 is 5.97 Å². The summed E-state index contributed by atoms with van der Waals surface area (Å²) in [6.07, 6.45) is 1.34. The van der Waals surface area contributed by atoms with Crippen LogP contribution < -0.4 is 5.32 Å². The second-order valence-electron chi connectivity index (χ2n) is 8.31. The zero-order valence-electron chi connectivity index (χ0n) is 19.7. The van der Waals surface area contributed by atoms with E-state index in [1.165, 1.54) is 25.8 Å². The number of benzene rings is 3. The van der Waals surface area contributed by atoms with Crippen molar-refractivity contribution in [2.45, 2.75) is 19.8 Å². The van der Waals surface area contributed by atoms with Crippen LogP contribution in [-0.4, -0.2) is 36.3 Å². The first-order valence-electron chi connectivity index (χ1n) is 11.4. The number of hydrogen-bond donors (Lipinski definition) is 1. The van der Waals surface area contributed by atoms with Crippen LogP contribution in [0.1, 0.15) is 29.3 Å². The molecule has 0 saturated carbocycles. The normalized spacial score (nSPS) is 11.9. The van der Waals surface area contributed by atoms with Crippen LogP contribution in [0.4, 0.5) is 5.69 Å². The van der Waals surface area contributed by atoms with E-state index in [-0.39, 0.29) is 23.4 Å². The maximum Gasteiger partial charge on any atom is 0.325 e. The number of ether oxygens (including phenoxy) is 1. The number of hydrogen-bond acceptors (Lipinski definition) is 7. The second-order valence-corrected chi connectivity index (χ2v) is 9.51. The molecule has 0 spiro atoms. The lowest BCUT2D eigenvalue weighted by Crippen LogP contribution is -2.20. The molecule has 4 aromatic rings. The monoisotopic (exact) mass is 489 g/mol. The van der Waals surface area contributed by atoms with Crippen molar-refractivity contribution in [3.05, 3.63) is 77.9 Å². The molecule has 3 aromatic carbocycles. The predicted octanol–water partition coefficient (Wildman–Crippen LogP) is 5.88. The van der Waals surface area contributed by atoms with E-state index in [4.69, 9.17) is 9.15 Å². The number of para-hydroxylation sites is 1. The van der Waals surface area contributed by atoms with Crippen molar-refractivity contribution in [2.24, 2.45) is 5.92 Å². The number of rotatable bonds is 10. The minimum Gasteiger partial charge on any atom is -0.468 e. The summed E-state index contributed by atoms with van der Waals surface area (Å²) in [5, 5.41) is 4.60. The lowest BCUT2D eigenvalue weighted by Gasteiger charge is -2.17. The molecule has 0 bridgehead atoms. The van der Waals surface area contributed by atoms with Gasteiger partial charge in [-0.2, -0.15) is 0 Å². The van der Waals surface area contributed by atoms with E-state index in [0.717, 1.165) is 22.8 Å². The van der Waals surface area contributed by atoms with Crippen LogP contribution in [0.2, 0.25) is 0 Å². The number of furan rings is 1. The fraction of sp³-hybridized carbons (Fsp3) is 0.250. The van der Waals surface area contributed by atoms with Gasteiger partial charge in [0, 0.05) is 46.7 Å². The minimum atomic E-state index is -0.416. The topological polar surface area (TPSA) is 85.6 Å². The van der Waals surface area contributed by atoms with E-state index >= 15 is 0 Å². The molecule has 0 aliphatic carbocycles. The predicted molar refractivity (Wildman–Crippen MR) is 140 cm³/mol. The second kappa shape index (κ2) is 11.2. The Kier molecular flexibility index (Phi) is 7.87. The van der Waals surface area contributed by atoms with Crippen LogP contribution in [-0.2, 0) is 20.7 Å². The fourth-order valence-corrected chi connectivity index (χ4v) is 4.86. The molecule has 0 aliphatic heterocycles. The Hall–Kier alpha value is -3.58. The van der Waals surface area contributed by atoms with E-state index in [2.05, 4.69) is 5.32 Å². The summed E-state index contributed by atoms with van der Waals surface area (Å²) < 4.78 is 10.8. The third-order valence-electron chi connectivity index (χ3n) is 5.89. The van der Waals surface area contributed by atoms with Crippen molar-refractivity contribution in [3.8, 4) is 0 Å². The van der Waals surface area contributed by atoms with Gasteiger partial charge in [0.25, 0.3) is 0 Å². The number of nitrogens with one attached hydrogen (secondary N) is 1. The number of carbonyl (C=O) groups excluding carboxylic acids is 3. The summed E-state index contributed by atoms with van der Waals surface area (Å²) in [6, 6.07) is 21.2. The van der Waals surface area contributed by atoms with Gasteiger partial charge in [0.2, 0.25) is 0 Å². The molecule has 6 nitrogen and oxygen atoms in total. The van der Waals surface area contributed by atoms with Crippen molar-refractivity contribution in [3.63, 3.8) is 0 Å². The van der Waals surface area contributed by atoms with Gasteiger partial charge in [0.1, 0.15) is 17.7 Å². The molecule has 1 unspecified atom stereocenters. The first kappa shape index (κ1) is 24.5. The Morgan fingerprint density at radius 3 is 2.49 bits per heavy atom. The zero-order valence-corrected chi connectivity index (χ0v) is 20.5. The maximum absolute atomic E-state index is 14.0. The van der Waals surface area contributed by atoms with Crippen LogP contribution >= 0.6 is 11.8 Å². The first-order valence-corrected chi connectivity index (χ1v) is 12.4. The lowest BCUT2D eigenvalue weighted by atomic mass is 9.90. The standard InChI is InChI=1S/C28H27NO5S/c1-18(30)35-17-20(13-12-19-8-4-3-5-9-19)28(32)23-14-21(29-16-26(31)33-2)15-25-27(23)22-10-6-7-11-24(22)34-25/h3-11,14-15,20,29H,12-13,16-17H2,1-2H3. The molecule has 1 N–H and O–H groups in total. The number of anilines is 1. The molecule has 0 fully saturated rings. The van der Waals surface area contributed by atoms with Gasteiger partial charge in [-0.05, 0) is 30.5 Å². The lowest BCUT2D eigenvalue weighted by molar-refractivity contribution is -0.138. The highest BCUT2D eigenvalue weighted by Crippen LogP contribution is 2.36. The smallest absolute Gasteiger partial charge is 0.325 e. The summed E-state index contributed by atoms with van der Waals surface area (Å²) in [7, 11) is 1.32. The van der Waals surface area contributed by atoms with E-state index in [0.29, 0.717) is 34.6 Å². The van der Waals surface area contributed by atoms with Crippen LogP contribution in [0, 0.1) is 5.92 Å². The van der Waals surface area contributed by atoms with Gasteiger partial charge >= 0.3 is 5.97 Å². The molecule has 1 heterocycles. The van der Waals surface area contributed by atoms with Gasteiger partial charge in [-0.15, -0.1) is 0 Å². The number of aryl methyl sites for hydroxylation is 1. The highest BCUT2D eigenvalue weighted by Gasteiger charge is 2.25. The number of fused-ring (bicyclic) bond motifs is 3. The molecule has 1 atom stereocenters. The molecule has 4 rings (SSSR count). The summed E-state index contributed by atoms with van der Waals surface area (Å²) in [5.74, 6) is -0.427. The largest absolute Gasteiger partial charge is 0.468 e. The van der Waals surface area contributed by atoms with Crippen molar-refractivity contribution in [2.75, 3.05) is 24.7 Å². The first-order chi connectivity index (χ1) is 17.0. The molecule has 0 aliphatic rings. The van der Waals surface area contributed by atoms with Gasteiger partial charge in [0.05, 0.1) is 7.11 Å². The SMILES string of the molecule is COC(=O)CNc1cc(C(=O)C(CCc2ccccc2)CSC(C)=O)c2c(c1)oc1ccccc12. The zero-order chi connectivity index (χ0) is 24.8. The molecule has 7 heteroatoms. The number of methoxy groups -OCH3 is 1. The Balaban J connectivity index is 1.74. The highest BCUT2D eigenvalue weighted by atomic mass is 32.2. The quantitative estimate of drug-likeness (QED) is 0.220. The van der Waals surface area contributed by atoms with Crippen molar-refractivity contribution < 1.29 is 23.5 Å². The van der Waals surface area contributed by atoms with Gasteiger partial charge in [0.15, 0.2) is 10.9 Å². The van der Waals surface area contributed by atoms with Crippen LogP contribution in [0.3, 0.4) is 0 Å². The number of esters is 1. The minimum absolute atomic E-state index is 0.0186. The van der Waals surface area contributed by atoms with E-state index in [1.54, 1.807) is 12.1 Å². The fourth-order valence-electron chi connectivity index (χ4n) is 4.11. The van der Waals surface area contributed by atoms with Crippen LogP contribution in [0.25, 0.3) is 21.9 Å². The average Bonchev–Trinajstić information content (AvgIpc) is 3.25. The summed E-state index contributed by atoms with van der Waals surface area (Å²) in [4.78, 5) is 37.4. The van der Waals surface area contributed by atoms with E-state index in [1.807, 2.05) is 54.6 Å². The van der Waals surface area contributed by atoms with Crippen molar-refractivity contribution >= 4 is 56.3 Å². The van der Waals surface area contributed by atoms with Gasteiger partial charge in [-0.1, -0.05) is 60.3 Å². The molecule has 0 saturated heterocycles. The summed E-state index contributed by atoms with van der Waals surface area (Å²) in [6.45, 7) is 1.48.